The normalized spacial score (nSPS) is 10.2. The van der Waals surface area contributed by atoms with E-state index in [1.54, 1.807) is 6.20 Å². The molecule has 0 saturated heterocycles. The number of nitrogens with zero attached hydrogens (tertiary/aromatic N) is 2. The van der Waals surface area contributed by atoms with E-state index in [4.69, 9.17) is 0 Å². The molecule has 2 aromatic rings. The van der Waals surface area contributed by atoms with Gasteiger partial charge in [-0.2, -0.15) is 5.10 Å². The van der Waals surface area contributed by atoms with E-state index in [1.165, 1.54) is 11.3 Å². The van der Waals surface area contributed by atoms with E-state index < -0.39 is 0 Å². The fourth-order valence-electron chi connectivity index (χ4n) is 1.56. The van der Waals surface area contributed by atoms with E-state index in [-0.39, 0.29) is 0 Å². The van der Waals surface area contributed by atoms with Crippen LogP contribution in [0.2, 0.25) is 0 Å². The summed E-state index contributed by atoms with van der Waals surface area (Å²) in [6, 6.07) is 10.4. The van der Waals surface area contributed by atoms with Gasteiger partial charge in [0.25, 0.3) is 0 Å². The number of nitrogens with one attached hydrogen (secondary N) is 1. The summed E-state index contributed by atoms with van der Waals surface area (Å²) in [6.07, 6.45) is 3.77. The minimum atomic E-state index is 0.826. The zero-order valence-electron chi connectivity index (χ0n) is 8.85. The van der Waals surface area contributed by atoms with Crippen molar-refractivity contribution in [1.29, 1.82) is 0 Å². The van der Waals surface area contributed by atoms with E-state index in [9.17, 15) is 0 Å². The van der Waals surface area contributed by atoms with Gasteiger partial charge in [-0.1, -0.05) is 12.1 Å². The lowest BCUT2D eigenvalue weighted by molar-refractivity contribution is 0.687. The fraction of sp³-hybridized carbons (Fsp3) is 0.250. The number of hydrogen-bond donors (Lipinski definition) is 1. The van der Waals surface area contributed by atoms with Crippen molar-refractivity contribution in [1.82, 2.24) is 9.78 Å². The zero-order chi connectivity index (χ0) is 10.5. The molecule has 0 spiro atoms. The van der Waals surface area contributed by atoms with Crippen LogP contribution in [0.3, 0.4) is 0 Å². The van der Waals surface area contributed by atoms with E-state index in [1.807, 2.05) is 16.9 Å². The lowest BCUT2D eigenvalue weighted by Gasteiger charge is -2.06. The summed E-state index contributed by atoms with van der Waals surface area (Å²) < 4.78 is 1.92. The van der Waals surface area contributed by atoms with E-state index in [0.717, 1.165) is 13.1 Å². The van der Waals surface area contributed by atoms with Crippen LogP contribution in [0.15, 0.2) is 42.7 Å². The Morgan fingerprint density at radius 2 is 2.27 bits per heavy atom. The summed E-state index contributed by atoms with van der Waals surface area (Å²) in [5.74, 6) is 0. The Morgan fingerprint density at radius 1 is 1.33 bits per heavy atom. The topological polar surface area (TPSA) is 29.9 Å². The van der Waals surface area contributed by atoms with Crippen molar-refractivity contribution in [2.75, 3.05) is 11.9 Å². The third-order valence-corrected chi connectivity index (χ3v) is 2.21. The van der Waals surface area contributed by atoms with Gasteiger partial charge >= 0.3 is 0 Å². The largest absolute Gasteiger partial charge is 0.385 e. The first-order valence-corrected chi connectivity index (χ1v) is 5.18. The summed E-state index contributed by atoms with van der Waals surface area (Å²) in [7, 11) is 0. The number of benzene rings is 1. The molecule has 1 aromatic carbocycles. The van der Waals surface area contributed by atoms with Crippen molar-refractivity contribution in [3.8, 4) is 0 Å². The highest BCUT2D eigenvalue weighted by atomic mass is 15.3. The number of aromatic nitrogens is 2. The first kappa shape index (κ1) is 9.77. The van der Waals surface area contributed by atoms with Gasteiger partial charge in [0.2, 0.25) is 0 Å². The maximum absolute atomic E-state index is 4.18. The van der Waals surface area contributed by atoms with Gasteiger partial charge in [0, 0.05) is 24.6 Å². The maximum Gasteiger partial charge on any atom is 0.0660 e. The summed E-state index contributed by atoms with van der Waals surface area (Å²) in [5, 5.41) is 7.48. The molecule has 2 rings (SSSR count). The summed E-state index contributed by atoms with van der Waals surface area (Å²) in [5.41, 5.74) is 2.43. The Balaban J connectivity index is 2.11. The highest BCUT2D eigenvalue weighted by molar-refractivity contribution is 5.45. The van der Waals surface area contributed by atoms with Gasteiger partial charge in [-0.05, 0) is 30.7 Å². The SMILES string of the molecule is CCNc1cccc(Cn2cccn2)c1. The smallest absolute Gasteiger partial charge is 0.0660 e. The molecule has 3 nitrogen and oxygen atoms in total. The first-order chi connectivity index (χ1) is 7.38. The minimum absolute atomic E-state index is 0.826. The number of rotatable bonds is 4. The summed E-state index contributed by atoms with van der Waals surface area (Å²) in [6.45, 7) is 3.87. The molecule has 0 aliphatic heterocycles. The van der Waals surface area contributed by atoms with Crippen LogP contribution < -0.4 is 5.32 Å². The van der Waals surface area contributed by atoms with Crippen molar-refractivity contribution in [3.05, 3.63) is 48.3 Å². The lowest BCUT2D eigenvalue weighted by atomic mass is 10.2. The highest BCUT2D eigenvalue weighted by Gasteiger charge is 1.96. The van der Waals surface area contributed by atoms with E-state index in [0.29, 0.717) is 0 Å². The second-order valence-electron chi connectivity index (χ2n) is 3.43. The van der Waals surface area contributed by atoms with Gasteiger partial charge in [-0.15, -0.1) is 0 Å². The average molecular weight is 201 g/mol. The molecule has 0 fully saturated rings. The molecule has 15 heavy (non-hydrogen) atoms. The quantitative estimate of drug-likeness (QED) is 0.823. The molecule has 3 heteroatoms. The third kappa shape index (κ3) is 2.59. The second kappa shape index (κ2) is 4.64. The maximum atomic E-state index is 4.18. The molecule has 78 valence electrons. The molecule has 0 aliphatic carbocycles. The van der Waals surface area contributed by atoms with Crippen LogP contribution in [0, 0.1) is 0 Å². The molecule has 0 radical (unpaired) electrons. The Kier molecular flexibility index (Phi) is 3.02. The number of hydrogen-bond acceptors (Lipinski definition) is 2. The molecular formula is C12H15N3. The van der Waals surface area contributed by atoms with Crippen molar-refractivity contribution in [2.45, 2.75) is 13.5 Å². The number of anilines is 1. The Morgan fingerprint density at radius 3 is 3.00 bits per heavy atom. The van der Waals surface area contributed by atoms with Crippen molar-refractivity contribution in [2.24, 2.45) is 0 Å². The molecule has 1 heterocycles. The van der Waals surface area contributed by atoms with Gasteiger partial charge in [-0.3, -0.25) is 4.68 Å². The molecule has 0 bridgehead atoms. The molecule has 0 unspecified atom stereocenters. The van der Waals surface area contributed by atoms with Crippen LogP contribution >= 0.6 is 0 Å². The Bertz CT molecular complexity index is 407. The van der Waals surface area contributed by atoms with Gasteiger partial charge in [-0.25, -0.2) is 0 Å². The standard InChI is InChI=1S/C12H15N3/c1-2-13-12-6-3-5-11(9-12)10-15-8-4-7-14-15/h3-9,13H,2,10H2,1H3. The summed E-state index contributed by atoms with van der Waals surface area (Å²) >= 11 is 0. The van der Waals surface area contributed by atoms with E-state index >= 15 is 0 Å². The van der Waals surface area contributed by atoms with Crippen LogP contribution in [0.5, 0.6) is 0 Å². The predicted molar refractivity (Wildman–Crippen MR) is 61.9 cm³/mol. The first-order valence-electron chi connectivity index (χ1n) is 5.18. The molecule has 1 N–H and O–H groups in total. The lowest BCUT2D eigenvalue weighted by Crippen LogP contribution is -2.01. The molecule has 1 aromatic heterocycles. The zero-order valence-corrected chi connectivity index (χ0v) is 8.85. The highest BCUT2D eigenvalue weighted by Crippen LogP contribution is 2.11. The Hall–Kier alpha value is -1.77. The van der Waals surface area contributed by atoms with Crippen LogP contribution in [0.1, 0.15) is 12.5 Å². The van der Waals surface area contributed by atoms with Crippen molar-refractivity contribution in [3.63, 3.8) is 0 Å². The second-order valence-corrected chi connectivity index (χ2v) is 3.43. The van der Waals surface area contributed by atoms with Crippen molar-refractivity contribution < 1.29 is 0 Å². The monoisotopic (exact) mass is 201 g/mol. The summed E-state index contributed by atoms with van der Waals surface area (Å²) in [4.78, 5) is 0. The average Bonchev–Trinajstić information content (AvgIpc) is 2.71. The van der Waals surface area contributed by atoms with Crippen LogP contribution in [0.25, 0.3) is 0 Å². The molecule has 0 saturated carbocycles. The van der Waals surface area contributed by atoms with Gasteiger partial charge in [0.15, 0.2) is 0 Å². The van der Waals surface area contributed by atoms with Crippen LogP contribution in [0.4, 0.5) is 5.69 Å². The molecule has 0 amide bonds. The Labute approximate surface area is 89.7 Å². The predicted octanol–water partition coefficient (Wildman–Crippen LogP) is 2.36. The van der Waals surface area contributed by atoms with Gasteiger partial charge in [0.05, 0.1) is 6.54 Å². The van der Waals surface area contributed by atoms with Gasteiger partial charge in [0.1, 0.15) is 0 Å². The molecular weight excluding hydrogens is 186 g/mol. The molecule has 0 atom stereocenters. The van der Waals surface area contributed by atoms with Crippen LogP contribution in [-0.2, 0) is 6.54 Å². The minimum Gasteiger partial charge on any atom is -0.385 e. The fourth-order valence-corrected chi connectivity index (χ4v) is 1.56. The van der Waals surface area contributed by atoms with Crippen molar-refractivity contribution >= 4 is 5.69 Å². The van der Waals surface area contributed by atoms with Gasteiger partial charge < -0.3 is 5.32 Å². The van der Waals surface area contributed by atoms with E-state index in [2.05, 4.69) is 41.6 Å². The molecule has 0 aliphatic rings. The third-order valence-electron chi connectivity index (χ3n) is 2.21. The van der Waals surface area contributed by atoms with Crippen LogP contribution in [-0.4, -0.2) is 16.3 Å².